The number of nitrogens with zero attached hydrogens (tertiary/aromatic N) is 3. The zero-order valence-corrected chi connectivity index (χ0v) is 23.0. The molecule has 0 aliphatic heterocycles. The first-order valence-electron chi connectivity index (χ1n) is 12.5. The largest absolute Gasteiger partial charge is 0.376 e. The third-order valence-electron chi connectivity index (χ3n) is 5.71. The number of carbonyl (C=O) groups excluding carboxylic acids is 3. The lowest BCUT2D eigenvalue weighted by Gasteiger charge is -2.27. The monoisotopic (exact) mass is 494 g/mol. The van der Waals surface area contributed by atoms with Crippen molar-refractivity contribution in [3.8, 4) is 0 Å². The van der Waals surface area contributed by atoms with Crippen molar-refractivity contribution in [3.05, 3.63) is 11.9 Å². The second kappa shape index (κ2) is 13.7. The van der Waals surface area contributed by atoms with Gasteiger partial charge in [-0.2, -0.15) is 0 Å². The minimum atomic E-state index is -0.552. The molecule has 0 spiro atoms. The van der Waals surface area contributed by atoms with Crippen molar-refractivity contribution in [1.29, 1.82) is 0 Å². The molecular weight excluding hydrogens is 448 g/mol. The summed E-state index contributed by atoms with van der Waals surface area (Å²) in [6, 6.07) is -1.09. The second-order valence-corrected chi connectivity index (χ2v) is 10.9. The number of hydrogen-bond donors (Lipinski definition) is 3. The molecule has 3 N–H and O–H groups in total. The topological polar surface area (TPSA) is 127 Å². The Morgan fingerprint density at radius 3 is 2.34 bits per heavy atom. The van der Waals surface area contributed by atoms with E-state index in [0.29, 0.717) is 25.3 Å². The zero-order valence-electron chi connectivity index (χ0n) is 23.0. The molecule has 1 rings (SSSR count). The van der Waals surface area contributed by atoms with Gasteiger partial charge in [-0.15, -0.1) is 5.10 Å². The first-order valence-corrected chi connectivity index (χ1v) is 12.5. The van der Waals surface area contributed by atoms with E-state index in [9.17, 15) is 14.4 Å². The minimum Gasteiger partial charge on any atom is -0.376 e. The Morgan fingerprint density at radius 1 is 1.14 bits per heavy atom. The van der Waals surface area contributed by atoms with Crippen molar-refractivity contribution in [1.82, 2.24) is 30.9 Å². The van der Waals surface area contributed by atoms with Gasteiger partial charge in [0, 0.05) is 13.0 Å². The highest BCUT2D eigenvalue weighted by molar-refractivity contribution is 5.90. The number of carbonyl (C=O) groups is 3. The molecule has 10 nitrogen and oxygen atoms in total. The molecule has 0 saturated carbocycles. The highest BCUT2D eigenvalue weighted by Gasteiger charge is 2.26. The lowest BCUT2D eigenvalue weighted by molar-refractivity contribution is -0.129. The van der Waals surface area contributed by atoms with Gasteiger partial charge in [0.1, 0.15) is 5.69 Å². The van der Waals surface area contributed by atoms with E-state index in [0.717, 1.165) is 6.42 Å². The Hall–Kier alpha value is -2.33. The van der Waals surface area contributed by atoms with Crippen LogP contribution in [0.15, 0.2) is 6.20 Å². The molecule has 2 amide bonds. The zero-order chi connectivity index (χ0) is 26.8. The number of hydrogen-bond acceptors (Lipinski definition) is 7. The summed E-state index contributed by atoms with van der Waals surface area (Å²) in [5, 5.41) is 17.2. The molecule has 35 heavy (non-hydrogen) atoms. The van der Waals surface area contributed by atoms with Gasteiger partial charge in [-0.05, 0) is 66.8 Å². The molecule has 200 valence electrons. The van der Waals surface area contributed by atoms with E-state index in [1.54, 1.807) is 4.68 Å². The fraction of sp³-hybridized carbons (Fsp3) is 0.800. The molecule has 2 atom stereocenters. The molecule has 0 aromatic carbocycles. The summed E-state index contributed by atoms with van der Waals surface area (Å²) in [4.78, 5) is 36.9. The van der Waals surface area contributed by atoms with Crippen LogP contribution in [-0.2, 0) is 31.2 Å². The van der Waals surface area contributed by atoms with Crippen molar-refractivity contribution < 1.29 is 19.1 Å². The van der Waals surface area contributed by atoms with E-state index >= 15 is 0 Å². The van der Waals surface area contributed by atoms with Gasteiger partial charge in [0.15, 0.2) is 5.78 Å². The van der Waals surface area contributed by atoms with Crippen LogP contribution in [0.1, 0.15) is 87.3 Å². The maximum Gasteiger partial charge on any atom is 0.237 e. The third kappa shape index (κ3) is 11.3. The quantitative estimate of drug-likeness (QED) is 0.341. The van der Waals surface area contributed by atoms with Gasteiger partial charge in [-0.3, -0.25) is 14.4 Å². The molecule has 0 radical (unpaired) electrons. The molecular formula is C25H46N6O4. The average Bonchev–Trinajstić information content (AvgIpc) is 3.21. The molecule has 10 heteroatoms. The van der Waals surface area contributed by atoms with Crippen LogP contribution < -0.4 is 16.0 Å². The molecule has 2 unspecified atom stereocenters. The Bertz CT molecular complexity index is 828. The highest BCUT2D eigenvalue weighted by Crippen LogP contribution is 2.20. The van der Waals surface area contributed by atoms with E-state index in [2.05, 4.69) is 40.1 Å². The summed E-state index contributed by atoms with van der Waals surface area (Å²) in [6.07, 6.45) is 3.09. The summed E-state index contributed by atoms with van der Waals surface area (Å²) in [5.41, 5.74) is 0.190. The summed E-state index contributed by atoms with van der Waals surface area (Å²) >= 11 is 0. The van der Waals surface area contributed by atoms with Crippen molar-refractivity contribution >= 4 is 17.6 Å². The van der Waals surface area contributed by atoms with E-state index in [1.807, 2.05) is 47.7 Å². The second-order valence-electron chi connectivity index (χ2n) is 10.9. The van der Waals surface area contributed by atoms with Crippen LogP contribution in [0.2, 0.25) is 0 Å². The third-order valence-corrected chi connectivity index (χ3v) is 5.71. The highest BCUT2D eigenvalue weighted by atomic mass is 16.5. The van der Waals surface area contributed by atoms with Crippen molar-refractivity contribution in [2.75, 3.05) is 13.2 Å². The maximum atomic E-state index is 12.7. The van der Waals surface area contributed by atoms with Crippen molar-refractivity contribution in [2.45, 2.75) is 111 Å². The molecule has 1 heterocycles. The van der Waals surface area contributed by atoms with Crippen LogP contribution in [0.4, 0.5) is 0 Å². The van der Waals surface area contributed by atoms with Gasteiger partial charge >= 0.3 is 0 Å². The van der Waals surface area contributed by atoms with Gasteiger partial charge < -0.3 is 20.7 Å². The average molecular weight is 495 g/mol. The lowest BCUT2D eigenvalue weighted by Crippen LogP contribution is -2.51. The molecule has 0 aliphatic rings. The summed E-state index contributed by atoms with van der Waals surface area (Å²) < 4.78 is 7.63. The molecule has 0 aliphatic carbocycles. The number of amides is 2. The minimum absolute atomic E-state index is 0.00793. The van der Waals surface area contributed by atoms with Gasteiger partial charge in [0.25, 0.3) is 0 Å². The van der Waals surface area contributed by atoms with Crippen LogP contribution in [0.25, 0.3) is 0 Å². The first-order chi connectivity index (χ1) is 16.2. The predicted octanol–water partition coefficient (Wildman–Crippen LogP) is 2.32. The number of Topliss-reactive ketones (excluding diaryl/α,β-unsaturated/α-hetero) is 1. The number of rotatable bonds is 15. The number of aromatic nitrogens is 3. The summed E-state index contributed by atoms with van der Waals surface area (Å²) in [5.74, 6) is -0.542. The van der Waals surface area contributed by atoms with E-state index in [4.69, 9.17) is 4.74 Å². The Labute approximate surface area is 210 Å². The van der Waals surface area contributed by atoms with E-state index in [-0.39, 0.29) is 47.6 Å². The lowest BCUT2D eigenvalue weighted by atomic mass is 9.99. The molecule has 1 aromatic heterocycles. The predicted molar refractivity (Wildman–Crippen MR) is 136 cm³/mol. The number of ketones is 1. The van der Waals surface area contributed by atoms with Crippen LogP contribution in [0.5, 0.6) is 0 Å². The maximum absolute atomic E-state index is 12.7. The Kier molecular flexibility index (Phi) is 12.0. The van der Waals surface area contributed by atoms with Crippen LogP contribution >= 0.6 is 0 Å². The van der Waals surface area contributed by atoms with Crippen LogP contribution in [0, 0.1) is 5.92 Å². The number of ether oxygens (including phenoxy) is 1. The van der Waals surface area contributed by atoms with Gasteiger partial charge in [0.2, 0.25) is 11.8 Å². The van der Waals surface area contributed by atoms with Crippen molar-refractivity contribution in [3.63, 3.8) is 0 Å². The smallest absolute Gasteiger partial charge is 0.237 e. The molecule has 0 bridgehead atoms. The fourth-order valence-corrected chi connectivity index (χ4v) is 3.51. The number of nitrogens with one attached hydrogen (secondary N) is 3. The van der Waals surface area contributed by atoms with Crippen LogP contribution in [0.3, 0.4) is 0 Å². The normalized spacial score (nSPS) is 14.0. The SMILES string of the molecule is CCNC(CCC(=O)NCc1cn(C(C)(C)CCOC(C)(C)C)nn1)C(=O)NC(C(C)=O)C(C)C. The summed E-state index contributed by atoms with van der Waals surface area (Å²) in [7, 11) is 0. The van der Waals surface area contributed by atoms with Gasteiger partial charge in [-0.1, -0.05) is 26.0 Å². The Morgan fingerprint density at radius 2 is 1.80 bits per heavy atom. The van der Waals surface area contributed by atoms with Crippen molar-refractivity contribution in [2.24, 2.45) is 5.92 Å². The standard InChI is InChI=1S/C25H46N6O4/c1-10-26-20(23(34)28-22(17(2)3)18(4)32)11-12-21(33)27-15-19-16-31(30-29-19)25(8,9)13-14-35-24(5,6)7/h16-17,20,22,26H,10-15H2,1-9H3,(H,27,33)(H,28,34). The van der Waals surface area contributed by atoms with Gasteiger partial charge in [0.05, 0.1) is 36.0 Å². The van der Waals surface area contributed by atoms with Crippen LogP contribution in [-0.4, -0.2) is 63.4 Å². The van der Waals surface area contributed by atoms with E-state index in [1.165, 1.54) is 6.92 Å². The molecule has 0 fully saturated rings. The van der Waals surface area contributed by atoms with Gasteiger partial charge in [-0.25, -0.2) is 4.68 Å². The van der Waals surface area contributed by atoms with E-state index < -0.39 is 12.1 Å². The Balaban J connectivity index is 2.57. The summed E-state index contributed by atoms with van der Waals surface area (Å²) in [6.45, 7) is 18.8. The molecule has 0 saturated heterocycles. The molecule has 1 aromatic rings. The fourth-order valence-electron chi connectivity index (χ4n) is 3.51. The first kappa shape index (κ1) is 30.7. The number of likely N-dealkylation sites (N-methyl/N-ethyl adjacent to an activating group) is 1.